The minimum Gasteiger partial charge on any atom is -0.392 e. The fourth-order valence-corrected chi connectivity index (χ4v) is 2.00. The van der Waals surface area contributed by atoms with Crippen molar-refractivity contribution in [1.29, 1.82) is 0 Å². The van der Waals surface area contributed by atoms with E-state index in [1.165, 1.54) is 0 Å². The Balaban J connectivity index is 2.51. The third-order valence-corrected chi connectivity index (χ3v) is 3.30. The number of nitrogens with one attached hydrogen (secondary N) is 1. The molecule has 106 valence electrons. The fraction of sp³-hybridized carbons (Fsp3) is 0.923. The van der Waals surface area contributed by atoms with Gasteiger partial charge in [-0.1, -0.05) is 20.8 Å². The number of carbonyl (C=O) groups excluding carboxylic acids is 1. The van der Waals surface area contributed by atoms with E-state index in [1.807, 2.05) is 25.7 Å². The van der Waals surface area contributed by atoms with Crippen LogP contribution in [-0.4, -0.2) is 60.9 Å². The molecule has 1 unspecified atom stereocenters. The summed E-state index contributed by atoms with van der Waals surface area (Å²) in [4.78, 5) is 14.2. The predicted molar refractivity (Wildman–Crippen MR) is 70.3 cm³/mol. The maximum atomic E-state index is 12.4. The van der Waals surface area contributed by atoms with Crippen LogP contribution in [0.2, 0.25) is 0 Å². The van der Waals surface area contributed by atoms with Crippen molar-refractivity contribution < 1.29 is 14.6 Å². The van der Waals surface area contributed by atoms with Crippen molar-refractivity contribution >= 4 is 5.91 Å². The summed E-state index contributed by atoms with van der Waals surface area (Å²) < 4.78 is 5.25. The second-order valence-corrected chi connectivity index (χ2v) is 5.13. The van der Waals surface area contributed by atoms with E-state index in [0.29, 0.717) is 39.3 Å². The molecule has 5 nitrogen and oxygen atoms in total. The molecule has 1 fully saturated rings. The number of carbonyl (C=O) groups is 1. The number of rotatable bonds is 6. The van der Waals surface area contributed by atoms with Crippen molar-refractivity contribution in [2.24, 2.45) is 5.92 Å². The number of hydrogen-bond donors (Lipinski definition) is 2. The van der Waals surface area contributed by atoms with Gasteiger partial charge in [0.15, 0.2) is 0 Å². The van der Waals surface area contributed by atoms with Crippen molar-refractivity contribution in [3.8, 4) is 0 Å². The number of aliphatic hydroxyl groups excluding tert-OH is 1. The molecular formula is C13H26N2O3. The van der Waals surface area contributed by atoms with Gasteiger partial charge in [-0.25, -0.2) is 0 Å². The zero-order chi connectivity index (χ0) is 13.5. The molecule has 0 aromatic rings. The van der Waals surface area contributed by atoms with Crippen molar-refractivity contribution in [3.05, 3.63) is 0 Å². The summed E-state index contributed by atoms with van der Waals surface area (Å²) in [5.41, 5.74) is 0. The lowest BCUT2D eigenvalue weighted by molar-refractivity contribution is -0.138. The van der Waals surface area contributed by atoms with Crippen LogP contribution in [0.15, 0.2) is 0 Å². The second kappa shape index (κ2) is 7.71. The van der Waals surface area contributed by atoms with Gasteiger partial charge in [-0.3, -0.25) is 4.79 Å². The molecular weight excluding hydrogens is 232 g/mol. The van der Waals surface area contributed by atoms with Gasteiger partial charge in [-0.05, 0) is 12.3 Å². The van der Waals surface area contributed by atoms with E-state index < -0.39 is 0 Å². The predicted octanol–water partition coefficient (Wildman–Crippen LogP) is 0.230. The first-order valence-electron chi connectivity index (χ1n) is 6.84. The monoisotopic (exact) mass is 258 g/mol. The SMILES string of the molecule is CC[C@@H](O)CNC(C(=O)N1CCOCC1)C(C)C. The molecule has 1 aliphatic rings. The molecule has 2 atom stereocenters. The van der Waals surface area contributed by atoms with Crippen LogP contribution in [0.5, 0.6) is 0 Å². The van der Waals surface area contributed by atoms with E-state index in [2.05, 4.69) is 5.32 Å². The molecule has 0 saturated carbocycles. The van der Waals surface area contributed by atoms with Gasteiger partial charge in [-0.15, -0.1) is 0 Å². The minimum atomic E-state index is -0.385. The molecule has 18 heavy (non-hydrogen) atoms. The second-order valence-electron chi connectivity index (χ2n) is 5.13. The minimum absolute atomic E-state index is 0.122. The summed E-state index contributed by atoms with van der Waals surface area (Å²) in [7, 11) is 0. The quantitative estimate of drug-likeness (QED) is 0.716. The zero-order valence-electron chi connectivity index (χ0n) is 11.7. The lowest BCUT2D eigenvalue weighted by Crippen LogP contribution is -2.53. The fourth-order valence-electron chi connectivity index (χ4n) is 2.00. The largest absolute Gasteiger partial charge is 0.392 e. The maximum Gasteiger partial charge on any atom is 0.240 e. The Kier molecular flexibility index (Phi) is 6.60. The van der Waals surface area contributed by atoms with Crippen LogP contribution in [-0.2, 0) is 9.53 Å². The molecule has 1 saturated heterocycles. The van der Waals surface area contributed by atoms with E-state index in [1.54, 1.807) is 0 Å². The average Bonchev–Trinajstić information content (AvgIpc) is 2.39. The van der Waals surface area contributed by atoms with E-state index >= 15 is 0 Å². The van der Waals surface area contributed by atoms with Gasteiger partial charge in [0.1, 0.15) is 0 Å². The van der Waals surface area contributed by atoms with Crippen molar-refractivity contribution in [2.75, 3.05) is 32.8 Å². The van der Waals surface area contributed by atoms with Crippen molar-refractivity contribution in [1.82, 2.24) is 10.2 Å². The summed E-state index contributed by atoms with van der Waals surface area (Å²) in [6.45, 7) is 9.01. The van der Waals surface area contributed by atoms with E-state index in [0.717, 1.165) is 0 Å². The smallest absolute Gasteiger partial charge is 0.240 e. The van der Waals surface area contributed by atoms with Crippen LogP contribution < -0.4 is 5.32 Å². The van der Waals surface area contributed by atoms with Crippen LogP contribution in [0, 0.1) is 5.92 Å². The van der Waals surface area contributed by atoms with Crippen LogP contribution in [0.4, 0.5) is 0 Å². The normalized spacial score (nSPS) is 19.9. The van der Waals surface area contributed by atoms with Gasteiger partial charge in [-0.2, -0.15) is 0 Å². The summed E-state index contributed by atoms with van der Waals surface area (Å²) in [5, 5.41) is 12.8. The summed E-state index contributed by atoms with van der Waals surface area (Å²) >= 11 is 0. The number of aliphatic hydroxyl groups is 1. The van der Waals surface area contributed by atoms with Gasteiger partial charge in [0.05, 0.1) is 25.4 Å². The highest BCUT2D eigenvalue weighted by Gasteiger charge is 2.28. The summed E-state index contributed by atoms with van der Waals surface area (Å²) in [5.74, 6) is 0.334. The van der Waals surface area contributed by atoms with Crippen LogP contribution in [0.3, 0.4) is 0 Å². The Labute approximate surface area is 109 Å². The van der Waals surface area contributed by atoms with E-state index in [-0.39, 0.29) is 24.0 Å². The maximum absolute atomic E-state index is 12.4. The molecule has 1 aliphatic heterocycles. The van der Waals surface area contributed by atoms with Crippen molar-refractivity contribution in [3.63, 3.8) is 0 Å². The Morgan fingerprint density at radius 1 is 1.39 bits per heavy atom. The van der Waals surface area contributed by atoms with Gasteiger partial charge < -0.3 is 20.1 Å². The summed E-state index contributed by atoms with van der Waals surface area (Å²) in [6, 6.07) is -0.218. The summed E-state index contributed by atoms with van der Waals surface area (Å²) in [6.07, 6.45) is 0.313. The first-order chi connectivity index (χ1) is 8.56. The molecule has 0 aromatic heterocycles. The molecule has 1 heterocycles. The Hall–Kier alpha value is -0.650. The van der Waals surface area contributed by atoms with Crippen LogP contribution in [0.25, 0.3) is 0 Å². The first-order valence-corrected chi connectivity index (χ1v) is 6.84. The molecule has 0 aromatic carbocycles. The average molecular weight is 258 g/mol. The van der Waals surface area contributed by atoms with Crippen LogP contribution in [0.1, 0.15) is 27.2 Å². The van der Waals surface area contributed by atoms with Crippen LogP contribution >= 0.6 is 0 Å². The number of ether oxygens (including phenoxy) is 1. The van der Waals surface area contributed by atoms with Gasteiger partial charge in [0.2, 0.25) is 5.91 Å². The Morgan fingerprint density at radius 2 is 2.00 bits per heavy atom. The third-order valence-electron chi connectivity index (χ3n) is 3.30. The Morgan fingerprint density at radius 3 is 2.50 bits per heavy atom. The number of morpholine rings is 1. The molecule has 2 N–H and O–H groups in total. The zero-order valence-corrected chi connectivity index (χ0v) is 11.7. The van der Waals surface area contributed by atoms with Gasteiger partial charge >= 0.3 is 0 Å². The van der Waals surface area contributed by atoms with Crippen molar-refractivity contribution in [2.45, 2.75) is 39.3 Å². The highest BCUT2D eigenvalue weighted by Crippen LogP contribution is 2.08. The van der Waals surface area contributed by atoms with Gasteiger partial charge in [0.25, 0.3) is 0 Å². The topological polar surface area (TPSA) is 61.8 Å². The molecule has 0 aliphatic carbocycles. The Bertz CT molecular complexity index is 253. The van der Waals surface area contributed by atoms with Gasteiger partial charge in [0, 0.05) is 19.6 Å². The number of hydrogen-bond acceptors (Lipinski definition) is 4. The number of nitrogens with zero attached hydrogens (tertiary/aromatic N) is 1. The molecule has 0 radical (unpaired) electrons. The molecule has 5 heteroatoms. The lowest BCUT2D eigenvalue weighted by atomic mass is 10.0. The van der Waals surface area contributed by atoms with E-state index in [4.69, 9.17) is 4.74 Å². The highest BCUT2D eigenvalue weighted by atomic mass is 16.5. The molecule has 1 amide bonds. The lowest BCUT2D eigenvalue weighted by Gasteiger charge is -2.32. The molecule has 0 bridgehead atoms. The highest BCUT2D eigenvalue weighted by molar-refractivity contribution is 5.82. The standard InChI is InChI=1S/C13H26N2O3/c1-4-11(16)9-14-12(10(2)3)13(17)15-5-7-18-8-6-15/h10-12,14,16H,4-9H2,1-3H3/t11-,12?/m1/s1. The first kappa shape index (κ1) is 15.4. The molecule has 1 rings (SSSR count). The number of amides is 1. The third kappa shape index (κ3) is 4.55. The van der Waals surface area contributed by atoms with E-state index in [9.17, 15) is 9.90 Å². The molecule has 0 spiro atoms.